The van der Waals surface area contributed by atoms with Crippen molar-refractivity contribution < 1.29 is 17.6 Å². The van der Waals surface area contributed by atoms with Crippen LogP contribution in [0.5, 0.6) is 0 Å². The number of thiophene rings is 1. The van der Waals surface area contributed by atoms with E-state index in [4.69, 9.17) is 16.9 Å². The molecule has 0 spiro atoms. The molecule has 46 heavy (non-hydrogen) atoms. The van der Waals surface area contributed by atoms with Crippen molar-refractivity contribution in [1.29, 1.82) is 5.26 Å². The standard InChI is InChI=1S/C33H28ClFN6O3S2/c34-32-13-12-31(45-32)33(42)39-16-14-38(15-17-39)27-8-10-28(11-9-27)41(46(43,44)30-3-1-2-26(35)18-30)22-29-20-37-23-40(29)21-25-6-4-24(19-36)5-7-25/h1-13,18,20,23H,14-17,21-22H2. The molecule has 9 nitrogen and oxygen atoms in total. The lowest BCUT2D eigenvalue weighted by Gasteiger charge is -2.36. The number of anilines is 2. The smallest absolute Gasteiger partial charge is 0.264 e. The lowest BCUT2D eigenvalue weighted by Crippen LogP contribution is -2.48. The quantitative estimate of drug-likeness (QED) is 0.190. The Hall–Kier alpha value is -4.70. The highest BCUT2D eigenvalue weighted by Crippen LogP contribution is 2.30. The summed E-state index contributed by atoms with van der Waals surface area (Å²) in [6.45, 7) is 2.68. The van der Waals surface area contributed by atoms with E-state index in [0.717, 1.165) is 17.3 Å². The molecule has 0 atom stereocenters. The first-order valence-corrected chi connectivity index (χ1v) is 17.0. The molecule has 0 N–H and O–H groups in total. The van der Waals surface area contributed by atoms with Crippen LogP contribution in [-0.4, -0.2) is 55.0 Å². The third kappa shape index (κ3) is 6.77. The molecule has 1 fully saturated rings. The van der Waals surface area contributed by atoms with E-state index in [1.54, 1.807) is 53.8 Å². The zero-order valence-electron chi connectivity index (χ0n) is 24.5. The molecule has 0 radical (unpaired) electrons. The van der Waals surface area contributed by atoms with E-state index in [1.165, 1.54) is 33.8 Å². The fourth-order valence-corrected chi connectivity index (χ4v) is 7.78. The molecule has 0 saturated carbocycles. The summed E-state index contributed by atoms with van der Waals surface area (Å²) in [5, 5.41) is 9.11. The van der Waals surface area contributed by atoms with E-state index in [2.05, 4.69) is 16.0 Å². The number of imidazole rings is 1. The van der Waals surface area contributed by atoms with Crippen molar-refractivity contribution in [1.82, 2.24) is 14.5 Å². The van der Waals surface area contributed by atoms with Gasteiger partial charge in [0.1, 0.15) is 5.82 Å². The number of rotatable bonds is 9. The number of nitriles is 1. The van der Waals surface area contributed by atoms with Gasteiger partial charge in [0.2, 0.25) is 0 Å². The molecule has 5 aromatic rings. The van der Waals surface area contributed by atoms with Gasteiger partial charge in [-0.1, -0.05) is 29.8 Å². The van der Waals surface area contributed by atoms with E-state index in [-0.39, 0.29) is 17.3 Å². The van der Waals surface area contributed by atoms with Gasteiger partial charge in [-0.25, -0.2) is 17.8 Å². The molecule has 0 aliphatic carbocycles. The van der Waals surface area contributed by atoms with Gasteiger partial charge in [0.05, 0.1) is 50.0 Å². The van der Waals surface area contributed by atoms with Crippen LogP contribution in [0.3, 0.4) is 0 Å². The fraction of sp³-hybridized carbons (Fsp3) is 0.182. The summed E-state index contributed by atoms with van der Waals surface area (Å²) < 4.78 is 45.9. The normalized spacial score (nSPS) is 13.4. The molecule has 1 aliphatic rings. The monoisotopic (exact) mass is 674 g/mol. The van der Waals surface area contributed by atoms with E-state index in [9.17, 15) is 17.6 Å². The number of nitrogens with zero attached hydrogens (tertiary/aromatic N) is 6. The summed E-state index contributed by atoms with van der Waals surface area (Å²) >= 11 is 7.27. The second-order valence-corrected chi connectivity index (χ2v) is 14.3. The Labute approximate surface area is 275 Å². The third-order valence-corrected chi connectivity index (χ3v) is 10.8. The zero-order valence-corrected chi connectivity index (χ0v) is 26.8. The first-order valence-electron chi connectivity index (χ1n) is 14.4. The van der Waals surface area contributed by atoms with Crippen LogP contribution in [0.2, 0.25) is 4.34 Å². The van der Waals surface area contributed by atoms with Gasteiger partial charge in [-0.3, -0.25) is 9.10 Å². The molecule has 1 amide bonds. The van der Waals surface area contributed by atoms with Gasteiger partial charge in [-0.2, -0.15) is 5.26 Å². The van der Waals surface area contributed by atoms with Gasteiger partial charge in [0.25, 0.3) is 15.9 Å². The molecule has 0 bridgehead atoms. The molecular formula is C33H28ClFN6O3S2. The second-order valence-electron chi connectivity index (χ2n) is 10.7. The molecule has 3 heterocycles. The Morgan fingerprint density at radius 1 is 1.00 bits per heavy atom. The SMILES string of the molecule is N#Cc1ccc(Cn2cncc2CN(c2ccc(N3CCN(C(=O)c4ccc(Cl)s4)CC3)cc2)S(=O)(=O)c2cccc(F)c2)cc1. The topological polar surface area (TPSA) is 103 Å². The largest absolute Gasteiger partial charge is 0.368 e. The highest BCUT2D eigenvalue weighted by atomic mass is 35.5. The number of benzene rings is 3. The number of amides is 1. The predicted octanol–water partition coefficient (Wildman–Crippen LogP) is 6.01. The summed E-state index contributed by atoms with van der Waals surface area (Å²) in [6, 6.07) is 24.8. The van der Waals surface area contributed by atoms with Crippen LogP contribution in [0.1, 0.15) is 26.5 Å². The van der Waals surface area contributed by atoms with Gasteiger partial charge < -0.3 is 14.4 Å². The molecule has 0 unspecified atom stereocenters. The molecule has 234 valence electrons. The van der Waals surface area contributed by atoms with Crippen LogP contribution in [0.25, 0.3) is 0 Å². The van der Waals surface area contributed by atoms with Gasteiger partial charge in [-0.15, -0.1) is 11.3 Å². The van der Waals surface area contributed by atoms with E-state index in [0.29, 0.717) is 58.9 Å². The molecular weight excluding hydrogens is 647 g/mol. The molecule has 2 aromatic heterocycles. The summed E-state index contributed by atoms with van der Waals surface area (Å²) in [4.78, 5) is 21.5. The maximum Gasteiger partial charge on any atom is 0.264 e. The van der Waals surface area contributed by atoms with Crippen LogP contribution in [-0.2, 0) is 23.1 Å². The highest BCUT2D eigenvalue weighted by Gasteiger charge is 2.28. The number of hydrogen-bond acceptors (Lipinski definition) is 7. The van der Waals surface area contributed by atoms with Crippen molar-refractivity contribution in [3.63, 3.8) is 0 Å². The van der Waals surface area contributed by atoms with Crippen molar-refractivity contribution in [2.75, 3.05) is 35.4 Å². The van der Waals surface area contributed by atoms with Crippen LogP contribution >= 0.6 is 22.9 Å². The minimum atomic E-state index is -4.18. The first-order chi connectivity index (χ1) is 22.2. The lowest BCUT2D eigenvalue weighted by molar-refractivity contribution is 0.0751. The number of sulfonamides is 1. The molecule has 3 aromatic carbocycles. The number of piperazine rings is 1. The minimum Gasteiger partial charge on any atom is -0.368 e. The molecule has 1 aliphatic heterocycles. The van der Waals surface area contributed by atoms with Gasteiger partial charge >= 0.3 is 0 Å². The summed E-state index contributed by atoms with van der Waals surface area (Å²) in [5.74, 6) is -0.689. The van der Waals surface area contributed by atoms with Crippen LogP contribution < -0.4 is 9.21 Å². The van der Waals surface area contributed by atoms with Crippen molar-refractivity contribution in [2.45, 2.75) is 18.0 Å². The van der Waals surface area contributed by atoms with Crippen molar-refractivity contribution in [3.05, 3.63) is 129 Å². The molecule has 1 saturated heterocycles. The lowest BCUT2D eigenvalue weighted by atomic mass is 10.1. The first kappa shape index (κ1) is 31.3. The maximum absolute atomic E-state index is 14.2. The number of carbonyl (C=O) groups is 1. The third-order valence-electron chi connectivity index (χ3n) is 7.78. The fourth-order valence-electron chi connectivity index (χ4n) is 5.30. The number of halogens is 2. The van der Waals surface area contributed by atoms with E-state index >= 15 is 0 Å². The van der Waals surface area contributed by atoms with Crippen molar-refractivity contribution in [2.24, 2.45) is 0 Å². The number of hydrogen-bond donors (Lipinski definition) is 0. The number of aromatic nitrogens is 2. The average molecular weight is 675 g/mol. The van der Waals surface area contributed by atoms with Crippen LogP contribution in [0.15, 0.2) is 102 Å². The number of carbonyl (C=O) groups excluding carboxylic acids is 1. The average Bonchev–Trinajstić information content (AvgIpc) is 3.72. The maximum atomic E-state index is 14.2. The summed E-state index contributed by atoms with van der Waals surface area (Å²) in [7, 11) is -4.18. The second kappa shape index (κ2) is 13.3. The predicted molar refractivity (Wildman–Crippen MR) is 176 cm³/mol. The Bertz CT molecular complexity index is 2000. The Balaban J connectivity index is 1.23. The van der Waals surface area contributed by atoms with E-state index < -0.39 is 15.8 Å². The van der Waals surface area contributed by atoms with Gasteiger partial charge in [0, 0.05) is 44.6 Å². The van der Waals surface area contributed by atoms with Gasteiger partial charge in [-0.05, 0) is 72.3 Å². The highest BCUT2D eigenvalue weighted by molar-refractivity contribution is 7.92. The summed E-state index contributed by atoms with van der Waals surface area (Å²) in [5.41, 5.74) is 3.39. The van der Waals surface area contributed by atoms with Crippen LogP contribution in [0.4, 0.5) is 15.8 Å². The van der Waals surface area contributed by atoms with Crippen molar-refractivity contribution in [3.8, 4) is 6.07 Å². The van der Waals surface area contributed by atoms with Gasteiger partial charge in [0.15, 0.2) is 0 Å². The van der Waals surface area contributed by atoms with Crippen molar-refractivity contribution >= 4 is 50.2 Å². The Morgan fingerprint density at radius 2 is 1.74 bits per heavy atom. The van der Waals surface area contributed by atoms with Crippen LogP contribution in [0, 0.1) is 17.1 Å². The van der Waals surface area contributed by atoms with E-state index in [1.807, 2.05) is 28.8 Å². The zero-order chi connectivity index (χ0) is 32.3. The molecule has 6 rings (SSSR count). The Kier molecular flexibility index (Phi) is 9.08. The minimum absolute atomic E-state index is 0.0384. The molecule has 13 heteroatoms. The Morgan fingerprint density at radius 3 is 2.39 bits per heavy atom. The summed E-state index contributed by atoms with van der Waals surface area (Å²) in [6.07, 6.45) is 3.23.